The van der Waals surface area contributed by atoms with Gasteiger partial charge in [0.1, 0.15) is 11.9 Å². The fraction of sp³-hybridized carbons (Fsp3) is 0.625. The number of aryl methyl sites for hydroxylation is 2. The van der Waals surface area contributed by atoms with Crippen LogP contribution in [0.15, 0.2) is 6.07 Å². The Hall–Kier alpha value is -1.21. The number of nitriles is 1. The minimum Gasteiger partial charge on any atom is -0.368 e. The van der Waals surface area contributed by atoms with Crippen molar-refractivity contribution in [2.45, 2.75) is 50.7 Å². The third-order valence-corrected chi connectivity index (χ3v) is 5.65. The van der Waals surface area contributed by atoms with Crippen LogP contribution in [-0.2, 0) is 0 Å². The molecule has 0 aliphatic heterocycles. The molecule has 1 aromatic rings. The number of aromatic nitrogens is 1. The van der Waals surface area contributed by atoms with Crippen LogP contribution in [0.5, 0.6) is 0 Å². The van der Waals surface area contributed by atoms with Gasteiger partial charge < -0.3 is 5.32 Å². The largest absolute Gasteiger partial charge is 0.368 e. The molecule has 0 spiro atoms. The summed E-state index contributed by atoms with van der Waals surface area (Å²) in [7, 11) is 0. The van der Waals surface area contributed by atoms with Gasteiger partial charge in [-0.05, 0) is 44.6 Å². The van der Waals surface area contributed by atoms with Crippen LogP contribution in [0, 0.1) is 25.2 Å². The van der Waals surface area contributed by atoms with Gasteiger partial charge in [-0.1, -0.05) is 19.3 Å². The standard InChI is InChI=1S/C16H23N3S/c1-12-9-13(2)19-15(14(12)10-17)18-11-16(20-3)7-5-4-6-8-16/h9H,4-8,11H2,1-3H3,(H,18,19). The van der Waals surface area contributed by atoms with E-state index < -0.39 is 0 Å². The van der Waals surface area contributed by atoms with Crippen LogP contribution in [0.4, 0.5) is 5.82 Å². The zero-order valence-electron chi connectivity index (χ0n) is 12.6. The van der Waals surface area contributed by atoms with Crippen molar-refractivity contribution < 1.29 is 0 Å². The van der Waals surface area contributed by atoms with Crippen molar-refractivity contribution in [3.05, 3.63) is 22.9 Å². The summed E-state index contributed by atoms with van der Waals surface area (Å²) in [6, 6.07) is 4.24. The molecule has 1 aliphatic carbocycles. The highest BCUT2D eigenvalue weighted by atomic mass is 32.2. The van der Waals surface area contributed by atoms with E-state index in [2.05, 4.69) is 22.6 Å². The molecule has 1 heterocycles. The maximum Gasteiger partial charge on any atom is 0.144 e. The van der Waals surface area contributed by atoms with Gasteiger partial charge in [0.15, 0.2) is 0 Å². The highest BCUT2D eigenvalue weighted by Crippen LogP contribution is 2.38. The Morgan fingerprint density at radius 1 is 1.35 bits per heavy atom. The Morgan fingerprint density at radius 2 is 2.05 bits per heavy atom. The van der Waals surface area contributed by atoms with Crippen LogP contribution < -0.4 is 5.32 Å². The van der Waals surface area contributed by atoms with E-state index in [1.165, 1.54) is 32.1 Å². The maximum absolute atomic E-state index is 9.31. The average Bonchev–Trinajstić information content (AvgIpc) is 2.45. The Labute approximate surface area is 126 Å². The highest BCUT2D eigenvalue weighted by Gasteiger charge is 2.31. The van der Waals surface area contributed by atoms with Crippen molar-refractivity contribution in [1.29, 1.82) is 5.26 Å². The normalized spacial score (nSPS) is 17.5. The van der Waals surface area contributed by atoms with E-state index >= 15 is 0 Å². The first-order valence-electron chi connectivity index (χ1n) is 7.27. The number of rotatable bonds is 4. The fourth-order valence-corrected chi connectivity index (χ4v) is 3.91. The Kier molecular flexibility index (Phi) is 4.93. The second-order valence-corrected chi connectivity index (χ2v) is 6.99. The van der Waals surface area contributed by atoms with Crippen LogP contribution in [0.25, 0.3) is 0 Å². The van der Waals surface area contributed by atoms with Crippen LogP contribution in [0.3, 0.4) is 0 Å². The lowest BCUT2D eigenvalue weighted by molar-refractivity contribution is 0.411. The summed E-state index contributed by atoms with van der Waals surface area (Å²) in [6.45, 7) is 4.85. The number of nitrogens with one attached hydrogen (secondary N) is 1. The molecule has 0 saturated heterocycles. The quantitative estimate of drug-likeness (QED) is 0.908. The molecule has 2 rings (SSSR count). The summed E-state index contributed by atoms with van der Waals surface area (Å²) >= 11 is 1.96. The van der Waals surface area contributed by atoms with E-state index in [0.717, 1.165) is 23.6 Å². The van der Waals surface area contributed by atoms with Gasteiger partial charge in [0.05, 0.1) is 5.56 Å². The average molecular weight is 289 g/mol. The summed E-state index contributed by atoms with van der Waals surface area (Å²) in [4.78, 5) is 4.51. The smallest absolute Gasteiger partial charge is 0.144 e. The summed E-state index contributed by atoms with van der Waals surface area (Å²) in [5.74, 6) is 0.754. The SMILES string of the molecule is CSC1(CNc2nc(C)cc(C)c2C#N)CCCCC1. The van der Waals surface area contributed by atoms with Crippen molar-refractivity contribution in [3.63, 3.8) is 0 Å². The van der Waals surface area contributed by atoms with Gasteiger partial charge in [0, 0.05) is 17.0 Å². The number of pyridine rings is 1. The monoisotopic (exact) mass is 289 g/mol. The maximum atomic E-state index is 9.31. The Balaban J connectivity index is 2.16. The third kappa shape index (κ3) is 3.27. The summed E-state index contributed by atoms with van der Waals surface area (Å²) in [6.07, 6.45) is 8.70. The fourth-order valence-electron chi connectivity index (χ4n) is 3.00. The summed E-state index contributed by atoms with van der Waals surface area (Å²) < 4.78 is 0.310. The van der Waals surface area contributed by atoms with Crippen molar-refractivity contribution in [1.82, 2.24) is 4.98 Å². The molecule has 0 unspecified atom stereocenters. The molecule has 0 radical (unpaired) electrons. The highest BCUT2D eigenvalue weighted by molar-refractivity contribution is 8.00. The predicted molar refractivity (Wildman–Crippen MR) is 86.2 cm³/mol. The molecule has 0 atom stereocenters. The second-order valence-electron chi connectivity index (χ2n) is 5.72. The van der Waals surface area contributed by atoms with Gasteiger partial charge in [-0.25, -0.2) is 4.98 Å². The molecule has 4 heteroatoms. The Bertz CT molecular complexity index is 513. The lowest BCUT2D eigenvalue weighted by atomic mass is 9.88. The molecule has 3 nitrogen and oxygen atoms in total. The van der Waals surface area contributed by atoms with Crippen LogP contribution in [0.2, 0.25) is 0 Å². The van der Waals surface area contributed by atoms with Gasteiger partial charge in [-0.2, -0.15) is 17.0 Å². The Morgan fingerprint density at radius 3 is 2.65 bits per heavy atom. The molecule has 0 bridgehead atoms. The minimum absolute atomic E-state index is 0.310. The van der Waals surface area contributed by atoms with Crippen LogP contribution >= 0.6 is 11.8 Å². The molecule has 1 saturated carbocycles. The topological polar surface area (TPSA) is 48.7 Å². The number of nitrogens with zero attached hydrogens (tertiary/aromatic N) is 2. The summed E-state index contributed by atoms with van der Waals surface area (Å²) in [5.41, 5.74) is 2.65. The number of hydrogen-bond donors (Lipinski definition) is 1. The first kappa shape index (κ1) is 15.2. The molecule has 20 heavy (non-hydrogen) atoms. The molecule has 0 amide bonds. The van der Waals surface area contributed by atoms with E-state index in [4.69, 9.17) is 0 Å². The predicted octanol–water partition coefficient (Wildman–Crippen LogP) is 4.05. The molecule has 1 N–H and O–H groups in total. The molecule has 0 aromatic carbocycles. The van der Waals surface area contributed by atoms with Gasteiger partial charge in [-0.3, -0.25) is 0 Å². The van der Waals surface area contributed by atoms with E-state index in [1.54, 1.807) is 0 Å². The first-order chi connectivity index (χ1) is 9.60. The lowest BCUT2D eigenvalue weighted by Crippen LogP contribution is -2.36. The molecule has 108 valence electrons. The lowest BCUT2D eigenvalue weighted by Gasteiger charge is -2.36. The van der Waals surface area contributed by atoms with Gasteiger partial charge in [-0.15, -0.1) is 0 Å². The number of thioether (sulfide) groups is 1. The van der Waals surface area contributed by atoms with E-state index in [9.17, 15) is 5.26 Å². The van der Waals surface area contributed by atoms with Crippen molar-refractivity contribution in [2.75, 3.05) is 18.1 Å². The van der Waals surface area contributed by atoms with Gasteiger partial charge in [0.25, 0.3) is 0 Å². The zero-order valence-corrected chi connectivity index (χ0v) is 13.4. The van der Waals surface area contributed by atoms with Crippen molar-refractivity contribution in [3.8, 4) is 6.07 Å². The van der Waals surface area contributed by atoms with E-state index in [0.29, 0.717) is 10.3 Å². The van der Waals surface area contributed by atoms with Crippen LogP contribution in [-0.4, -0.2) is 22.5 Å². The van der Waals surface area contributed by atoms with E-state index in [-0.39, 0.29) is 0 Å². The molecule has 1 aliphatic rings. The molecule has 1 aromatic heterocycles. The van der Waals surface area contributed by atoms with Gasteiger partial charge >= 0.3 is 0 Å². The summed E-state index contributed by atoms with van der Waals surface area (Å²) in [5, 5.41) is 12.8. The van der Waals surface area contributed by atoms with Crippen LogP contribution in [0.1, 0.15) is 48.9 Å². The van der Waals surface area contributed by atoms with Crippen molar-refractivity contribution in [2.24, 2.45) is 0 Å². The minimum atomic E-state index is 0.310. The number of hydrogen-bond acceptors (Lipinski definition) is 4. The number of anilines is 1. The zero-order chi connectivity index (χ0) is 14.6. The molecule has 1 fully saturated rings. The van der Waals surface area contributed by atoms with E-state index in [1.807, 2.05) is 31.7 Å². The van der Waals surface area contributed by atoms with Gasteiger partial charge in [0.2, 0.25) is 0 Å². The first-order valence-corrected chi connectivity index (χ1v) is 8.50. The molecular weight excluding hydrogens is 266 g/mol. The second kappa shape index (κ2) is 6.49. The molecular formula is C16H23N3S. The third-order valence-electron chi connectivity index (χ3n) is 4.23. The van der Waals surface area contributed by atoms with Crippen molar-refractivity contribution >= 4 is 17.6 Å².